The second-order valence-corrected chi connectivity index (χ2v) is 6.65. The molecule has 3 N–H and O–H groups in total. The van der Waals surface area contributed by atoms with Crippen LogP contribution in [0.25, 0.3) is 11.4 Å². The van der Waals surface area contributed by atoms with E-state index >= 15 is 0 Å². The number of aromatic amines is 1. The highest BCUT2D eigenvalue weighted by Crippen LogP contribution is 2.38. The zero-order chi connectivity index (χ0) is 18.6. The van der Waals surface area contributed by atoms with Gasteiger partial charge in [0.15, 0.2) is 5.82 Å². The maximum absolute atomic E-state index is 12.4. The number of carbonyl (C=O) groups is 1. The molecule has 1 saturated carbocycles. The third kappa shape index (κ3) is 4.13. The topological polar surface area (TPSA) is 95.6 Å². The molecular formula is C20H22N6O. The molecule has 4 rings (SSSR count). The Morgan fingerprint density at radius 3 is 2.78 bits per heavy atom. The molecule has 27 heavy (non-hydrogen) atoms. The average Bonchev–Trinajstić information content (AvgIpc) is 3.45. The largest absolute Gasteiger partial charge is 0.370 e. The summed E-state index contributed by atoms with van der Waals surface area (Å²) in [5.74, 6) is 1.90. The van der Waals surface area contributed by atoms with E-state index in [0.29, 0.717) is 23.9 Å². The molecule has 0 unspecified atom stereocenters. The highest BCUT2D eigenvalue weighted by molar-refractivity contribution is 5.94. The van der Waals surface area contributed by atoms with Crippen LogP contribution in [0.1, 0.15) is 47.4 Å². The van der Waals surface area contributed by atoms with E-state index in [1.807, 2.05) is 31.2 Å². The number of aromatic nitrogens is 4. The van der Waals surface area contributed by atoms with Crippen molar-refractivity contribution in [2.24, 2.45) is 0 Å². The van der Waals surface area contributed by atoms with Crippen molar-refractivity contribution < 1.29 is 4.79 Å². The second-order valence-electron chi connectivity index (χ2n) is 6.65. The molecule has 138 valence electrons. The number of hydrogen-bond donors (Lipinski definition) is 3. The van der Waals surface area contributed by atoms with Gasteiger partial charge in [0.05, 0.1) is 17.9 Å². The van der Waals surface area contributed by atoms with Crippen molar-refractivity contribution >= 4 is 11.7 Å². The summed E-state index contributed by atoms with van der Waals surface area (Å²) in [6.45, 7) is 3.26. The number of amides is 1. The van der Waals surface area contributed by atoms with Crippen molar-refractivity contribution in [3.05, 3.63) is 59.5 Å². The first-order chi connectivity index (χ1) is 13.2. The molecule has 1 fully saturated rings. The molecule has 0 atom stereocenters. The minimum Gasteiger partial charge on any atom is -0.370 e. The third-order valence-electron chi connectivity index (χ3n) is 4.50. The van der Waals surface area contributed by atoms with Gasteiger partial charge in [0.2, 0.25) is 0 Å². The number of nitrogens with one attached hydrogen (secondary N) is 3. The van der Waals surface area contributed by atoms with Crippen LogP contribution < -0.4 is 10.6 Å². The fraction of sp³-hybridized carbons (Fsp3) is 0.300. The van der Waals surface area contributed by atoms with Gasteiger partial charge in [-0.3, -0.25) is 9.89 Å². The van der Waals surface area contributed by atoms with Crippen molar-refractivity contribution in [2.75, 3.05) is 11.9 Å². The van der Waals surface area contributed by atoms with Crippen molar-refractivity contribution in [1.82, 2.24) is 25.5 Å². The molecule has 0 spiro atoms. The number of hydrogen-bond acceptors (Lipinski definition) is 5. The van der Waals surface area contributed by atoms with E-state index in [1.54, 1.807) is 18.3 Å². The maximum Gasteiger partial charge on any atom is 0.251 e. The van der Waals surface area contributed by atoms with Crippen molar-refractivity contribution in [3.63, 3.8) is 0 Å². The molecule has 0 radical (unpaired) electrons. The second kappa shape index (κ2) is 7.57. The Balaban J connectivity index is 1.38. The van der Waals surface area contributed by atoms with E-state index in [9.17, 15) is 4.79 Å². The summed E-state index contributed by atoms with van der Waals surface area (Å²) in [6, 6.07) is 11.2. The predicted octanol–water partition coefficient (Wildman–Crippen LogP) is 3.11. The molecule has 1 aliphatic carbocycles. The standard InChI is InChI=1S/C20H22N6O/c1-2-21-18-9-10-22-19(24-18)14-5-7-15(8-6-14)20(27)23-12-16-11-17(26-25-16)13-3-4-13/h5-11,13H,2-4,12H2,1H3,(H,23,27)(H,25,26)(H,21,22,24). The summed E-state index contributed by atoms with van der Waals surface area (Å²) in [5.41, 5.74) is 3.50. The lowest BCUT2D eigenvalue weighted by atomic mass is 10.1. The van der Waals surface area contributed by atoms with Gasteiger partial charge in [-0.05, 0) is 44.0 Å². The summed E-state index contributed by atoms with van der Waals surface area (Å²) in [5, 5.41) is 13.4. The highest BCUT2D eigenvalue weighted by Gasteiger charge is 2.26. The molecule has 1 aliphatic rings. The van der Waals surface area contributed by atoms with Crippen LogP contribution in [0.15, 0.2) is 42.6 Å². The molecule has 0 aliphatic heterocycles. The van der Waals surface area contributed by atoms with E-state index in [1.165, 1.54) is 12.8 Å². The molecule has 3 aromatic rings. The molecule has 7 heteroatoms. The van der Waals surface area contributed by atoms with Gasteiger partial charge in [-0.25, -0.2) is 9.97 Å². The Kier molecular flexibility index (Phi) is 4.82. The van der Waals surface area contributed by atoms with Crippen LogP contribution in [0.3, 0.4) is 0 Å². The average molecular weight is 362 g/mol. The number of H-pyrrole nitrogens is 1. The molecule has 0 saturated heterocycles. The molecule has 0 bridgehead atoms. The van der Waals surface area contributed by atoms with Crippen LogP contribution in [0, 0.1) is 0 Å². The van der Waals surface area contributed by atoms with Gasteiger partial charge in [-0.1, -0.05) is 12.1 Å². The van der Waals surface area contributed by atoms with Crippen molar-refractivity contribution in [3.8, 4) is 11.4 Å². The molecule has 1 amide bonds. The normalized spacial score (nSPS) is 13.4. The summed E-state index contributed by atoms with van der Waals surface area (Å²) < 4.78 is 0. The molecular weight excluding hydrogens is 340 g/mol. The Morgan fingerprint density at radius 1 is 1.22 bits per heavy atom. The first-order valence-electron chi connectivity index (χ1n) is 9.22. The van der Waals surface area contributed by atoms with E-state index < -0.39 is 0 Å². The number of nitrogens with zero attached hydrogens (tertiary/aromatic N) is 3. The summed E-state index contributed by atoms with van der Waals surface area (Å²) >= 11 is 0. The van der Waals surface area contributed by atoms with Gasteiger partial charge < -0.3 is 10.6 Å². The Bertz CT molecular complexity index is 930. The molecule has 2 heterocycles. The fourth-order valence-corrected chi connectivity index (χ4v) is 2.88. The minimum atomic E-state index is -0.119. The quantitative estimate of drug-likeness (QED) is 0.600. The molecule has 2 aromatic heterocycles. The molecule has 7 nitrogen and oxygen atoms in total. The minimum absolute atomic E-state index is 0.119. The van der Waals surface area contributed by atoms with Crippen LogP contribution in [0.2, 0.25) is 0 Å². The van der Waals surface area contributed by atoms with E-state index in [0.717, 1.165) is 29.3 Å². The van der Waals surface area contributed by atoms with Gasteiger partial charge in [-0.2, -0.15) is 5.10 Å². The van der Waals surface area contributed by atoms with Crippen LogP contribution >= 0.6 is 0 Å². The lowest BCUT2D eigenvalue weighted by Crippen LogP contribution is -2.22. The van der Waals surface area contributed by atoms with Gasteiger partial charge in [0, 0.05) is 29.8 Å². The monoisotopic (exact) mass is 362 g/mol. The Hall–Kier alpha value is -3.22. The van der Waals surface area contributed by atoms with Gasteiger partial charge in [-0.15, -0.1) is 0 Å². The number of carbonyl (C=O) groups excluding carboxylic acids is 1. The summed E-state index contributed by atoms with van der Waals surface area (Å²) in [7, 11) is 0. The lowest BCUT2D eigenvalue weighted by Gasteiger charge is -2.06. The van der Waals surface area contributed by atoms with Gasteiger partial charge >= 0.3 is 0 Å². The zero-order valence-corrected chi connectivity index (χ0v) is 15.2. The van der Waals surface area contributed by atoms with Crippen LogP contribution in [0.5, 0.6) is 0 Å². The van der Waals surface area contributed by atoms with Crippen molar-refractivity contribution in [1.29, 1.82) is 0 Å². The number of rotatable bonds is 7. The maximum atomic E-state index is 12.4. The van der Waals surface area contributed by atoms with Crippen LogP contribution in [-0.2, 0) is 6.54 Å². The number of benzene rings is 1. The van der Waals surface area contributed by atoms with Gasteiger partial charge in [0.1, 0.15) is 5.82 Å². The van der Waals surface area contributed by atoms with E-state index in [2.05, 4.69) is 30.8 Å². The van der Waals surface area contributed by atoms with Crippen LogP contribution in [-0.4, -0.2) is 32.6 Å². The smallest absolute Gasteiger partial charge is 0.251 e. The van der Waals surface area contributed by atoms with Crippen LogP contribution in [0.4, 0.5) is 5.82 Å². The lowest BCUT2D eigenvalue weighted by molar-refractivity contribution is 0.0950. The SMILES string of the molecule is CCNc1ccnc(-c2ccc(C(=O)NCc3cc(C4CC4)n[nH]3)cc2)n1. The third-order valence-corrected chi connectivity index (χ3v) is 4.50. The number of anilines is 1. The fourth-order valence-electron chi connectivity index (χ4n) is 2.88. The summed E-state index contributed by atoms with van der Waals surface area (Å²) in [6.07, 6.45) is 4.15. The first kappa shape index (κ1) is 17.2. The zero-order valence-electron chi connectivity index (χ0n) is 15.2. The molecule has 1 aromatic carbocycles. The van der Waals surface area contributed by atoms with E-state index in [-0.39, 0.29) is 5.91 Å². The summed E-state index contributed by atoms with van der Waals surface area (Å²) in [4.78, 5) is 21.1. The highest BCUT2D eigenvalue weighted by atomic mass is 16.1. The first-order valence-corrected chi connectivity index (χ1v) is 9.22. The van der Waals surface area contributed by atoms with Crippen molar-refractivity contribution in [2.45, 2.75) is 32.2 Å². The Labute approximate surface area is 157 Å². The predicted molar refractivity (Wildman–Crippen MR) is 103 cm³/mol. The Morgan fingerprint density at radius 2 is 2.04 bits per heavy atom. The van der Waals surface area contributed by atoms with Gasteiger partial charge in [0.25, 0.3) is 5.91 Å². The van der Waals surface area contributed by atoms with E-state index in [4.69, 9.17) is 0 Å².